The van der Waals surface area contributed by atoms with Crippen molar-refractivity contribution in [2.75, 3.05) is 26.3 Å². The molecule has 27 heavy (non-hydrogen) atoms. The summed E-state index contributed by atoms with van der Waals surface area (Å²) in [4.78, 5) is 19.1. The molecule has 2 aliphatic rings. The summed E-state index contributed by atoms with van der Waals surface area (Å²) < 4.78 is 7.82. The molecule has 1 amide bonds. The average Bonchev–Trinajstić information content (AvgIpc) is 3.26. The van der Waals surface area contributed by atoms with E-state index in [2.05, 4.69) is 33.6 Å². The summed E-state index contributed by atoms with van der Waals surface area (Å²) in [6, 6.07) is 3.57. The fourth-order valence-corrected chi connectivity index (χ4v) is 4.51. The first-order chi connectivity index (χ1) is 13.1. The van der Waals surface area contributed by atoms with Crippen molar-refractivity contribution in [3.8, 4) is 0 Å². The van der Waals surface area contributed by atoms with Crippen molar-refractivity contribution in [1.29, 1.82) is 0 Å². The maximum Gasteiger partial charge on any atom is 0.254 e. The van der Waals surface area contributed by atoms with Crippen molar-refractivity contribution in [3.63, 3.8) is 0 Å². The molecular weight excluding hydrogens is 342 g/mol. The Balaban J connectivity index is 1.65. The highest BCUT2D eigenvalue weighted by molar-refractivity contribution is 5.94. The number of pyridine rings is 1. The first kappa shape index (κ1) is 18.1. The van der Waals surface area contributed by atoms with Gasteiger partial charge in [0.05, 0.1) is 0 Å². The van der Waals surface area contributed by atoms with Crippen LogP contribution in [0.25, 0.3) is 0 Å². The largest absolute Gasteiger partial charge is 0.381 e. The number of nitrogens with zero attached hydrogens (tertiary/aromatic N) is 5. The van der Waals surface area contributed by atoms with Gasteiger partial charge in [0.15, 0.2) is 0 Å². The summed E-state index contributed by atoms with van der Waals surface area (Å²) in [5, 5.41) is 8.69. The monoisotopic (exact) mass is 369 g/mol. The normalized spacial score (nSPS) is 21.9. The summed E-state index contributed by atoms with van der Waals surface area (Å²) in [7, 11) is 0. The van der Waals surface area contributed by atoms with Gasteiger partial charge in [-0.15, -0.1) is 10.2 Å². The van der Waals surface area contributed by atoms with Gasteiger partial charge in [0.25, 0.3) is 5.91 Å². The third-order valence-electron chi connectivity index (χ3n) is 5.87. The Labute approximate surface area is 159 Å². The maximum absolute atomic E-state index is 13.1. The van der Waals surface area contributed by atoms with E-state index in [1.807, 2.05) is 11.2 Å². The molecule has 144 valence electrons. The number of carbonyl (C=O) groups is 1. The number of hydrogen-bond donors (Lipinski definition) is 0. The molecule has 2 aliphatic heterocycles. The standard InChI is InChI=1S/C20H27N5O2/c1-15(2)11-25-14-22-23-18(25)17-12-24(13-20(17)5-9-27-10-6-20)19(26)16-3-7-21-8-4-16/h3-4,7-8,14-15,17H,5-6,9-13H2,1-2H3. The number of hydrogen-bond acceptors (Lipinski definition) is 5. The Morgan fingerprint density at radius 3 is 2.74 bits per heavy atom. The third kappa shape index (κ3) is 3.48. The molecule has 0 radical (unpaired) electrons. The fourth-order valence-electron chi connectivity index (χ4n) is 4.51. The minimum atomic E-state index is 0.0166. The van der Waals surface area contributed by atoms with Crippen LogP contribution >= 0.6 is 0 Å². The molecule has 0 aliphatic carbocycles. The number of amides is 1. The summed E-state index contributed by atoms with van der Waals surface area (Å²) in [5.74, 6) is 1.78. The van der Waals surface area contributed by atoms with Gasteiger partial charge in [-0.3, -0.25) is 9.78 Å². The third-order valence-corrected chi connectivity index (χ3v) is 5.87. The molecule has 4 rings (SSSR count). The van der Waals surface area contributed by atoms with Crippen molar-refractivity contribution >= 4 is 5.91 Å². The van der Waals surface area contributed by atoms with Gasteiger partial charge in [0, 0.05) is 62.1 Å². The van der Waals surface area contributed by atoms with Crippen molar-refractivity contribution in [2.45, 2.75) is 39.2 Å². The van der Waals surface area contributed by atoms with E-state index in [0.29, 0.717) is 18.0 Å². The zero-order valence-electron chi connectivity index (χ0n) is 16.0. The molecule has 0 N–H and O–H groups in total. The van der Waals surface area contributed by atoms with E-state index in [0.717, 1.165) is 45.0 Å². The summed E-state index contributed by atoms with van der Waals surface area (Å²) in [6.07, 6.45) is 7.07. The van der Waals surface area contributed by atoms with Crippen molar-refractivity contribution < 1.29 is 9.53 Å². The Morgan fingerprint density at radius 1 is 1.30 bits per heavy atom. The summed E-state index contributed by atoms with van der Waals surface area (Å²) in [6.45, 7) is 8.19. The number of rotatable bonds is 4. The van der Waals surface area contributed by atoms with Crippen molar-refractivity contribution in [2.24, 2.45) is 11.3 Å². The molecular formula is C20H27N5O2. The Bertz CT molecular complexity index is 783. The average molecular weight is 369 g/mol. The second-order valence-electron chi connectivity index (χ2n) is 8.18. The molecule has 1 atom stereocenters. The van der Waals surface area contributed by atoms with Gasteiger partial charge < -0.3 is 14.2 Å². The number of ether oxygens (including phenoxy) is 1. The smallest absolute Gasteiger partial charge is 0.254 e. The highest BCUT2D eigenvalue weighted by Gasteiger charge is 2.51. The second-order valence-corrected chi connectivity index (χ2v) is 8.18. The molecule has 4 heterocycles. The maximum atomic E-state index is 13.1. The van der Waals surface area contributed by atoms with Gasteiger partial charge in [0.2, 0.25) is 0 Å². The van der Waals surface area contributed by atoms with Crippen LogP contribution in [0, 0.1) is 11.3 Å². The van der Waals surface area contributed by atoms with Crippen LogP contribution in [-0.2, 0) is 11.3 Å². The van der Waals surface area contributed by atoms with Crippen molar-refractivity contribution in [3.05, 3.63) is 42.2 Å². The molecule has 2 fully saturated rings. The van der Waals surface area contributed by atoms with Crippen LogP contribution in [0.5, 0.6) is 0 Å². The van der Waals surface area contributed by atoms with Crippen LogP contribution in [-0.4, -0.2) is 56.9 Å². The number of likely N-dealkylation sites (tertiary alicyclic amines) is 1. The van der Waals surface area contributed by atoms with E-state index in [4.69, 9.17) is 4.74 Å². The number of aromatic nitrogens is 4. The van der Waals surface area contributed by atoms with E-state index in [-0.39, 0.29) is 17.2 Å². The molecule has 0 bridgehead atoms. The predicted molar refractivity (Wildman–Crippen MR) is 100 cm³/mol. The Morgan fingerprint density at radius 2 is 2.04 bits per heavy atom. The molecule has 2 aromatic rings. The molecule has 7 nitrogen and oxygen atoms in total. The zero-order valence-corrected chi connectivity index (χ0v) is 16.0. The second kappa shape index (κ2) is 7.38. The fraction of sp³-hybridized carbons (Fsp3) is 0.600. The van der Waals surface area contributed by atoms with Crippen LogP contribution < -0.4 is 0 Å². The van der Waals surface area contributed by atoms with Crippen LogP contribution in [0.4, 0.5) is 0 Å². The van der Waals surface area contributed by atoms with Crippen LogP contribution in [0.15, 0.2) is 30.9 Å². The summed E-state index contributed by atoms with van der Waals surface area (Å²) >= 11 is 0. The Kier molecular flexibility index (Phi) is 4.95. The SMILES string of the molecule is CC(C)Cn1cnnc1C1CN(C(=O)c2ccncc2)CC12CCOCC2. The molecule has 0 aromatic carbocycles. The van der Waals surface area contributed by atoms with Crippen LogP contribution in [0.3, 0.4) is 0 Å². The van der Waals surface area contributed by atoms with Crippen molar-refractivity contribution in [1.82, 2.24) is 24.6 Å². The lowest BCUT2D eigenvalue weighted by atomic mass is 9.71. The summed E-state index contributed by atoms with van der Waals surface area (Å²) in [5.41, 5.74) is 0.708. The van der Waals surface area contributed by atoms with E-state index in [9.17, 15) is 4.79 Å². The topological polar surface area (TPSA) is 73.1 Å². The van der Waals surface area contributed by atoms with Gasteiger partial charge in [0.1, 0.15) is 12.2 Å². The lowest BCUT2D eigenvalue weighted by molar-refractivity contribution is 0.0106. The lowest BCUT2D eigenvalue weighted by Crippen LogP contribution is -2.38. The highest BCUT2D eigenvalue weighted by atomic mass is 16.5. The molecule has 7 heteroatoms. The van der Waals surface area contributed by atoms with Crippen LogP contribution in [0.2, 0.25) is 0 Å². The van der Waals surface area contributed by atoms with E-state index >= 15 is 0 Å². The molecule has 1 unspecified atom stereocenters. The van der Waals surface area contributed by atoms with Gasteiger partial charge >= 0.3 is 0 Å². The van der Waals surface area contributed by atoms with E-state index < -0.39 is 0 Å². The minimum Gasteiger partial charge on any atom is -0.381 e. The quantitative estimate of drug-likeness (QED) is 0.827. The van der Waals surface area contributed by atoms with Gasteiger partial charge in [-0.05, 0) is 30.9 Å². The van der Waals surface area contributed by atoms with E-state index in [1.165, 1.54) is 0 Å². The lowest BCUT2D eigenvalue weighted by Gasteiger charge is -2.37. The first-order valence-electron chi connectivity index (χ1n) is 9.74. The van der Waals surface area contributed by atoms with E-state index in [1.54, 1.807) is 24.5 Å². The molecule has 0 saturated carbocycles. The van der Waals surface area contributed by atoms with Crippen LogP contribution in [0.1, 0.15) is 48.8 Å². The number of carbonyl (C=O) groups excluding carboxylic acids is 1. The van der Waals surface area contributed by atoms with Gasteiger partial charge in [-0.1, -0.05) is 13.8 Å². The minimum absolute atomic E-state index is 0.0166. The molecule has 2 saturated heterocycles. The predicted octanol–water partition coefficient (Wildman–Crippen LogP) is 2.37. The Hall–Kier alpha value is -2.28. The first-order valence-corrected chi connectivity index (χ1v) is 9.74. The molecule has 1 spiro atoms. The molecule has 2 aromatic heterocycles. The van der Waals surface area contributed by atoms with Gasteiger partial charge in [-0.25, -0.2) is 0 Å². The zero-order chi connectivity index (χ0) is 18.9. The highest BCUT2D eigenvalue weighted by Crippen LogP contribution is 2.49. The van der Waals surface area contributed by atoms with Gasteiger partial charge in [-0.2, -0.15) is 0 Å².